The number of rotatable bonds is 1. The Morgan fingerprint density at radius 1 is 1.80 bits per heavy atom. The van der Waals surface area contributed by atoms with Gasteiger partial charge in [0, 0.05) is 10.9 Å². The summed E-state index contributed by atoms with van der Waals surface area (Å²) in [6, 6.07) is 3.49. The highest BCUT2D eigenvalue weighted by Crippen LogP contribution is 2.06. The highest BCUT2D eigenvalue weighted by Gasteiger charge is 2.00. The van der Waals surface area contributed by atoms with Crippen LogP contribution in [0.5, 0.6) is 0 Å². The molecule has 0 aliphatic rings. The normalized spacial score (nSPS) is 10.9. The lowest BCUT2D eigenvalue weighted by Gasteiger charge is -1.84. The minimum Gasteiger partial charge on any atom is -0.410 e. The first-order valence-electron chi connectivity index (χ1n) is 2.53. The van der Waals surface area contributed by atoms with Crippen molar-refractivity contribution < 1.29 is 5.21 Å². The summed E-state index contributed by atoms with van der Waals surface area (Å²) in [4.78, 5) is 0. The average molecular weight is 152 g/mol. The fourth-order valence-corrected chi connectivity index (χ4v) is 1.18. The summed E-state index contributed by atoms with van der Waals surface area (Å²) >= 11 is 1.46. The molecule has 1 aromatic heterocycles. The topological polar surface area (TPSA) is 56.4 Å². The molecule has 0 aliphatic carbocycles. The van der Waals surface area contributed by atoms with E-state index in [0.717, 1.165) is 0 Å². The third-order valence-corrected chi connectivity index (χ3v) is 1.68. The predicted molar refractivity (Wildman–Crippen MR) is 38.3 cm³/mol. The Hall–Kier alpha value is -1.34. The van der Waals surface area contributed by atoms with Gasteiger partial charge in [-0.25, -0.2) is 0 Å². The van der Waals surface area contributed by atoms with Crippen molar-refractivity contribution >= 4 is 17.0 Å². The Morgan fingerprint density at radius 2 is 2.60 bits per heavy atom. The Balaban J connectivity index is 2.99. The van der Waals surface area contributed by atoms with Gasteiger partial charge in [0.1, 0.15) is 6.07 Å². The van der Waals surface area contributed by atoms with E-state index in [1.165, 1.54) is 11.3 Å². The summed E-state index contributed by atoms with van der Waals surface area (Å²) in [7, 11) is 0. The van der Waals surface area contributed by atoms with E-state index in [-0.39, 0.29) is 5.71 Å². The molecule has 1 N–H and O–H groups in total. The Kier molecular flexibility index (Phi) is 2.03. The van der Waals surface area contributed by atoms with Crippen LogP contribution in [0.2, 0.25) is 0 Å². The van der Waals surface area contributed by atoms with Crippen LogP contribution in [0, 0.1) is 11.3 Å². The summed E-state index contributed by atoms with van der Waals surface area (Å²) in [6.45, 7) is 0. The minimum atomic E-state index is 0.0567. The van der Waals surface area contributed by atoms with Gasteiger partial charge >= 0.3 is 0 Å². The maximum Gasteiger partial charge on any atom is 0.187 e. The molecular weight excluding hydrogens is 148 g/mol. The smallest absolute Gasteiger partial charge is 0.187 e. The van der Waals surface area contributed by atoms with E-state index in [1.807, 2.05) is 5.38 Å². The summed E-state index contributed by atoms with van der Waals surface area (Å²) in [6.07, 6.45) is 0. The first-order chi connectivity index (χ1) is 4.88. The summed E-state index contributed by atoms with van der Waals surface area (Å²) in [5.41, 5.74) is 0.719. The molecule has 1 aromatic rings. The quantitative estimate of drug-likeness (QED) is 0.376. The van der Waals surface area contributed by atoms with Crippen LogP contribution >= 0.6 is 11.3 Å². The van der Waals surface area contributed by atoms with E-state index in [1.54, 1.807) is 17.5 Å². The zero-order valence-electron chi connectivity index (χ0n) is 4.98. The number of hydrogen-bond donors (Lipinski definition) is 1. The van der Waals surface area contributed by atoms with Crippen LogP contribution in [0.3, 0.4) is 0 Å². The van der Waals surface area contributed by atoms with Gasteiger partial charge in [-0.15, -0.1) is 0 Å². The van der Waals surface area contributed by atoms with Crippen LogP contribution in [0.1, 0.15) is 5.56 Å². The molecule has 0 fully saturated rings. The monoisotopic (exact) mass is 152 g/mol. The zero-order chi connectivity index (χ0) is 7.40. The molecule has 50 valence electrons. The van der Waals surface area contributed by atoms with Crippen molar-refractivity contribution in [1.29, 1.82) is 5.26 Å². The maximum absolute atomic E-state index is 8.36. The standard InChI is InChI=1S/C6H4N2OS/c7-3-6(8-9)5-1-2-10-4-5/h1-2,4,9H/b8-6+. The number of nitriles is 1. The molecule has 10 heavy (non-hydrogen) atoms. The van der Waals surface area contributed by atoms with E-state index >= 15 is 0 Å². The lowest BCUT2D eigenvalue weighted by molar-refractivity contribution is 0.320. The van der Waals surface area contributed by atoms with Crippen LogP contribution in [-0.2, 0) is 0 Å². The summed E-state index contributed by atoms with van der Waals surface area (Å²) < 4.78 is 0. The molecule has 0 amide bonds. The third kappa shape index (κ3) is 1.14. The van der Waals surface area contributed by atoms with Crippen molar-refractivity contribution in [3.8, 4) is 6.07 Å². The Bertz CT molecular complexity index is 270. The van der Waals surface area contributed by atoms with Gasteiger partial charge in [0.25, 0.3) is 0 Å². The molecule has 0 saturated heterocycles. The number of thiophene rings is 1. The fraction of sp³-hybridized carbons (Fsp3) is 0. The molecule has 0 spiro atoms. The Morgan fingerprint density at radius 3 is 3.00 bits per heavy atom. The molecule has 3 nitrogen and oxygen atoms in total. The molecule has 4 heteroatoms. The number of hydrogen-bond acceptors (Lipinski definition) is 4. The molecular formula is C6H4N2OS. The van der Waals surface area contributed by atoms with E-state index in [0.29, 0.717) is 5.56 Å². The van der Waals surface area contributed by atoms with Crippen molar-refractivity contribution in [2.75, 3.05) is 0 Å². The van der Waals surface area contributed by atoms with Gasteiger partial charge in [0.05, 0.1) is 0 Å². The third-order valence-electron chi connectivity index (χ3n) is 1.00. The van der Waals surface area contributed by atoms with Crippen molar-refractivity contribution in [3.05, 3.63) is 22.4 Å². The van der Waals surface area contributed by atoms with Crippen LogP contribution in [-0.4, -0.2) is 10.9 Å². The number of nitrogens with zero attached hydrogens (tertiary/aromatic N) is 2. The second-order valence-corrected chi connectivity index (χ2v) is 2.35. The molecule has 0 atom stereocenters. The summed E-state index contributed by atoms with van der Waals surface area (Å²) in [5, 5.41) is 23.0. The lowest BCUT2D eigenvalue weighted by Crippen LogP contribution is -1.92. The second kappa shape index (κ2) is 2.99. The van der Waals surface area contributed by atoms with Gasteiger partial charge in [-0.1, -0.05) is 5.16 Å². The van der Waals surface area contributed by atoms with Crippen molar-refractivity contribution in [2.45, 2.75) is 0 Å². The molecule has 1 rings (SSSR count). The van der Waals surface area contributed by atoms with Crippen LogP contribution in [0.25, 0.3) is 0 Å². The van der Waals surface area contributed by atoms with Gasteiger partial charge in [-0.3, -0.25) is 0 Å². The lowest BCUT2D eigenvalue weighted by atomic mass is 10.2. The largest absolute Gasteiger partial charge is 0.410 e. The maximum atomic E-state index is 8.36. The van der Waals surface area contributed by atoms with E-state index in [9.17, 15) is 0 Å². The number of oxime groups is 1. The molecule has 0 aromatic carbocycles. The fourth-order valence-electron chi connectivity index (χ4n) is 0.544. The van der Waals surface area contributed by atoms with Crippen LogP contribution in [0.4, 0.5) is 0 Å². The van der Waals surface area contributed by atoms with Gasteiger partial charge in [0.2, 0.25) is 0 Å². The van der Waals surface area contributed by atoms with Crippen LogP contribution in [0.15, 0.2) is 22.0 Å². The van der Waals surface area contributed by atoms with Crippen molar-refractivity contribution in [2.24, 2.45) is 5.16 Å². The molecule has 0 saturated carbocycles. The van der Waals surface area contributed by atoms with E-state index in [4.69, 9.17) is 10.5 Å². The van der Waals surface area contributed by atoms with E-state index in [2.05, 4.69) is 5.16 Å². The Labute approximate surface area is 61.8 Å². The molecule has 0 bridgehead atoms. The van der Waals surface area contributed by atoms with Crippen molar-refractivity contribution in [3.63, 3.8) is 0 Å². The van der Waals surface area contributed by atoms with E-state index < -0.39 is 0 Å². The molecule has 0 aliphatic heterocycles. The predicted octanol–water partition coefficient (Wildman–Crippen LogP) is 1.45. The second-order valence-electron chi connectivity index (χ2n) is 1.57. The molecule has 1 heterocycles. The summed E-state index contributed by atoms with van der Waals surface area (Å²) in [5.74, 6) is 0. The first kappa shape index (κ1) is 6.78. The van der Waals surface area contributed by atoms with Gasteiger partial charge in [-0.2, -0.15) is 16.6 Å². The average Bonchev–Trinajstić information content (AvgIpc) is 2.43. The molecule has 0 unspecified atom stereocenters. The van der Waals surface area contributed by atoms with Crippen LogP contribution < -0.4 is 0 Å². The zero-order valence-corrected chi connectivity index (χ0v) is 5.80. The highest BCUT2D eigenvalue weighted by atomic mass is 32.1. The first-order valence-corrected chi connectivity index (χ1v) is 3.47. The van der Waals surface area contributed by atoms with Gasteiger partial charge in [-0.05, 0) is 11.4 Å². The minimum absolute atomic E-state index is 0.0567. The van der Waals surface area contributed by atoms with Gasteiger partial charge < -0.3 is 5.21 Å². The SMILES string of the molecule is N#C/C(=N\O)c1ccsc1. The highest BCUT2D eigenvalue weighted by molar-refractivity contribution is 7.08. The molecule has 0 radical (unpaired) electrons. The van der Waals surface area contributed by atoms with Gasteiger partial charge in [0.15, 0.2) is 5.71 Å². The van der Waals surface area contributed by atoms with Crippen molar-refractivity contribution in [1.82, 2.24) is 0 Å².